The van der Waals surface area contributed by atoms with Crippen LogP contribution in [0.5, 0.6) is 0 Å². The van der Waals surface area contributed by atoms with Crippen molar-refractivity contribution in [2.45, 2.75) is 0 Å². The molecule has 29 heavy (non-hydrogen) atoms. The van der Waals surface area contributed by atoms with Gasteiger partial charge in [-0.3, -0.25) is 4.40 Å². The monoisotopic (exact) mass is 368 g/mol. The Hall–Kier alpha value is -4.41. The van der Waals surface area contributed by atoms with Crippen LogP contribution in [0.25, 0.3) is 49.1 Å². The highest BCUT2D eigenvalue weighted by atomic mass is 15.0. The second-order valence-electron chi connectivity index (χ2n) is 7.14. The second kappa shape index (κ2) is 5.55. The van der Waals surface area contributed by atoms with E-state index in [9.17, 15) is 10.5 Å². The van der Waals surface area contributed by atoms with Crippen molar-refractivity contribution in [3.63, 3.8) is 0 Å². The van der Waals surface area contributed by atoms with Crippen molar-refractivity contribution in [2.24, 2.45) is 0 Å². The van der Waals surface area contributed by atoms with E-state index in [4.69, 9.17) is 4.98 Å². The van der Waals surface area contributed by atoms with Crippen LogP contribution < -0.4 is 0 Å². The SMILES string of the molecule is N#Cc1cc2c3cc4ccccc4cc3c3nc4ccccc4n3c2cc1C#N. The van der Waals surface area contributed by atoms with Crippen LogP contribution in [-0.2, 0) is 0 Å². The van der Waals surface area contributed by atoms with Crippen molar-refractivity contribution >= 4 is 49.1 Å². The Bertz CT molecular complexity index is 1730. The number of imidazole rings is 1. The van der Waals surface area contributed by atoms with Gasteiger partial charge in [-0.25, -0.2) is 4.98 Å². The molecule has 0 aliphatic carbocycles. The van der Waals surface area contributed by atoms with Gasteiger partial charge >= 0.3 is 0 Å². The fourth-order valence-electron chi connectivity index (χ4n) is 4.27. The van der Waals surface area contributed by atoms with Gasteiger partial charge in [0.05, 0.1) is 27.7 Å². The molecule has 132 valence electrons. The normalized spacial score (nSPS) is 11.4. The van der Waals surface area contributed by atoms with Crippen molar-refractivity contribution in [1.29, 1.82) is 10.5 Å². The molecule has 0 saturated carbocycles. The molecule has 0 amide bonds. The number of benzene rings is 4. The van der Waals surface area contributed by atoms with Gasteiger partial charge in [0.15, 0.2) is 0 Å². The van der Waals surface area contributed by atoms with Gasteiger partial charge in [-0.05, 0) is 52.6 Å². The van der Waals surface area contributed by atoms with Crippen LogP contribution in [0.2, 0.25) is 0 Å². The Morgan fingerprint density at radius 1 is 0.655 bits per heavy atom. The Balaban J connectivity index is 2.00. The third kappa shape index (κ3) is 2.03. The number of hydrogen-bond donors (Lipinski definition) is 0. The molecule has 4 aromatic carbocycles. The highest BCUT2D eigenvalue weighted by Gasteiger charge is 2.16. The quantitative estimate of drug-likeness (QED) is 0.255. The summed E-state index contributed by atoms with van der Waals surface area (Å²) in [6.45, 7) is 0. The van der Waals surface area contributed by atoms with Gasteiger partial charge in [0.1, 0.15) is 17.8 Å². The van der Waals surface area contributed by atoms with E-state index in [1.807, 2.05) is 48.5 Å². The molecule has 0 N–H and O–H groups in total. The molecule has 0 saturated heterocycles. The van der Waals surface area contributed by atoms with Crippen molar-refractivity contribution in [3.8, 4) is 12.1 Å². The molecule has 6 rings (SSSR count). The summed E-state index contributed by atoms with van der Waals surface area (Å²) >= 11 is 0. The third-order valence-corrected chi connectivity index (χ3v) is 5.60. The molecule has 0 spiro atoms. The van der Waals surface area contributed by atoms with Crippen LogP contribution >= 0.6 is 0 Å². The molecule has 4 nitrogen and oxygen atoms in total. The zero-order valence-electron chi connectivity index (χ0n) is 15.2. The van der Waals surface area contributed by atoms with Crippen LogP contribution in [0.15, 0.2) is 72.8 Å². The number of fused-ring (bicyclic) bond motifs is 9. The Kier molecular flexibility index (Phi) is 2.99. The van der Waals surface area contributed by atoms with E-state index in [2.05, 4.69) is 40.8 Å². The first-order chi connectivity index (χ1) is 14.3. The van der Waals surface area contributed by atoms with Gasteiger partial charge < -0.3 is 0 Å². The maximum Gasteiger partial charge on any atom is 0.146 e. The van der Waals surface area contributed by atoms with Crippen molar-refractivity contribution < 1.29 is 0 Å². The highest BCUT2D eigenvalue weighted by molar-refractivity contribution is 6.17. The summed E-state index contributed by atoms with van der Waals surface area (Å²) < 4.78 is 2.10. The van der Waals surface area contributed by atoms with E-state index < -0.39 is 0 Å². The van der Waals surface area contributed by atoms with E-state index in [1.54, 1.807) is 0 Å². The minimum Gasteiger partial charge on any atom is -0.292 e. The summed E-state index contributed by atoms with van der Waals surface area (Å²) in [5.41, 5.74) is 4.38. The molecule has 2 heterocycles. The molecule has 0 bridgehead atoms. The maximum atomic E-state index is 9.58. The van der Waals surface area contributed by atoms with Gasteiger partial charge in [-0.1, -0.05) is 36.4 Å². The van der Waals surface area contributed by atoms with Gasteiger partial charge in [-0.2, -0.15) is 10.5 Å². The van der Waals surface area contributed by atoms with Gasteiger partial charge in [0, 0.05) is 10.8 Å². The second-order valence-corrected chi connectivity index (χ2v) is 7.14. The zero-order chi connectivity index (χ0) is 19.5. The Morgan fingerprint density at radius 2 is 1.31 bits per heavy atom. The van der Waals surface area contributed by atoms with E-state index >= 15 is 0 Å². The molecule has 4 heteroatoms. The first-order valence-electron chi connectivity index (χ1n) is 9.28. The van der Waals surface area contributed by atoms with Crippen LogP contribution in [0.1, 0.15) is 11.1 Å². The van der Waals surface area contributed by atoms with E-state index in [1.165, 1.54) is 0 Å². The number of nitriles is 2. The lowest BCUT2D eigenvalue weighted by Crippen LogP contribution is -1.95. The van der Waals surface area contributed by atoms with E-state index in [0.717, 1.165) is 49.1 Å². The number of aromatic nitrogens is 2. The third-order valence-electron chi connectivity index (χ3n) is 5.60. The lowest BCUT2D eigenvalue weighted by atomic mass is 9.98. The van der Waals surface area contributed by atoms with Gasteiger partial charge in [0.25, 0.3) is 0 Å². The smallest absolute Gasteiger partial charge is 0.146 e. The van der Waals surface area contributed by atoms with Crippen LogP contribution in [0.3, 0.4) is 0 Å². The minimum atomic E-state index is 0.374. The summed E-state index contributed by atoms with van der Waals surface area (Å²) in [6.07, 6.45) is 0. The lowest BCUT2D eigenvalue weighted by Gasteiger charge is -2.11. The summed E-state index contributed by atoms with van der Waals surface area (Å²) in [4.78, 5) is 4.91. The topological polar surface area (TPSA) is 64.9 Å². The molecule has 0 radical (unpaired) electrons. The molecular formula is C25H12N4. The molecule has 0 unspecified atom stereocenters. The lowest BCUT2D eigenvalue weighted by molar-refractivity contribution is 1.31. The number of pyridine rings is 1. The number of rotatable bonds is 0. The zero-order valence-corrected chi connectivity index (χ0v) is 15.2. The molecule has 0 aliphatic heterocycles. The fourth-order valence-corrected chi connectivity index (χ4v) is 4.27. The molecular weight excluding hydrogens is 356 g/mol. The Labute approximate surface area is 165 Å². The molecule has 0 fully saturated rings. The van der Waals surface area contributed by atoms with E-state index in [0.29, 0.717) is 11.1 Å². The largest absolute Gasteiger partial charge is 0.292 e. The molecule has 0 aliphatic rings. The standard InChI is InChI=1S/C25H12N4/c26-13-17-11-20-19-9-15-5-1-2-6-16(15)10-21(19)25-28-22-7-3-4-8-23(22)29(25)24(20)12-18(17)14-27/h1-12H. The molecule has 6 aromatic rings. The molecule has 0 atom stereocenters. The van der Waals surface area contributed by atoms with Gasteiger partial charge in [0.2, 0.25) is 0 Å². The number of hydrogen-bond acceptors (Lipinski definition) is 3. The predicted molar refractivity (Wildman–Crippen MR) is 115 cm³/mol. The van der Waals surface area contributed by atoms with E-state index in [-0.39, 0.29) is 0 Å². The summed E-state index contributed by atoms with van der Waals surface area (Å²) in [7, 11) is 0. The van der Waals surface area contributed by atoms with Crippen LogP contribution in [0, 0.1) is 22.7 Å². The van der Waals surface area contributed by atoms with Crippen molar-refractivity contribution in [1.82, 2.24) is 9.38 Å². The average Bonchev–Trinajstić information content (AvgIpc) is 3.17. The number of para-hydroxylation sites is 2. The predicted octanol–water partition coefficient (Wildman–Crippen LogP) is 5.69. The van der Waals surface area contributed by atoms with Crippen molar-refractivity contribution in [2.75, 3.05) is 0 Å². The number of nitrogens with zero attached hydrogens (tertiary/aromatic N) is 4. The fraction of sp³-hybridized carbons (Fsp3) is 0. The minimum absolute atomic E-state index is 0.374. The summed E-state index contributed by atoms with van der Waals surface area (Å²) in [6, 6.07) is 28.5. The highest BCUT2D eigenvalue weighted by Crippen LogP contribution is 2.35. The summed E-state index contributed by atoms with van der Waals surface area (Å²) in [5, 5.41) is 24.4. The van der Waals surface area contributed by atoms with Crippen LogP contribution in [0.4, 0.5) is 0 Å². The maximum absolute atomic E-state index is 9.58. The summed E-state index contributed by atoms with van der Waals surface area (Å²) in [5.74, 6) is 0. The first-order valence-corrected chi connectivity index (χ1v) is 9.28. The van der Waals surface area contributed by atoms with Gasteiger partial charge in [-0.15, -0.1) is 0 Å². The average molecular weight is 368 g/mol. The first kappa shape index (κ1) is 15.6. The van der Waals surface area contributed by atoms with Crippen LogP contribution in [-0.4, -0.2) is 9.38 Å². The Morgan fingerprint density at radius 3 is 2.07 bits per heavy atom. The van der Waals surface area contributed by atoms with Crippen molar-refractivity contribution in [3.05, 3.63) is 83.9 Å². The molecule has 2 aromatic heterocycles.